The Morgan fingerprint density at radius 3 is 2.32 bits per heavy atom. The normalized spacial score (nSPS) is 13.1. The van der Waals surface area contributed by atoms with E-state index in [4.69, 9.17) is 27.9 Å². The highest BCUT2D eigenvalue weighted by Gasteiger charge is 2.29. The largest absolute Gasteiger partial charge is 0.451 e. The van der Waals surface area contributed by atoms with Crippen molar-refractivity contribution in [3.63, 3.8) is 0 Å². The zero-order chi connectivity index (χ0) is 19.1. The summed E-state index contributed by atoms with van der Waals surface area (Å²) in [5.41, 5.74) is 0.196. The molecule has 0 fully saturated rings. The van der Waals surface area contributed by atoms with Gasteiger partial charge in [0.05, 0.1) is 10.6 Å². The summed E-state index contributed by atoms with van der Waals surface area (Å²) < 4.78 is 5.15. The Balaban J connectivity index is 2.84. The van der Waals surface area contributed by atoms with Crippen LogP contribution in [-0.2, 0) is 14.3 Å². The molecule has 6 nitrogen and oxygen atoms in total. The molecule has 0 aliphatic carbocycles. The molecule has 2 atom stereocenters. The molecule has 2 amide bonds. The predicted molar refractivity (Wildman–Crippen MR) is 96.8 cm³/mol. The fourth-order valence-electron chi connectivity index (χ4n) is 2.01. The van der Waals surface area contributed by atoms with Gasteiger partial charge < -0.3 is 15.4 Å². The van der Waals surface area contributed by atoms with Crippen molar-refractivity contribution < 1.29 is 19.1 Å². The van der Waals surface area contributed by atoms with E-state index >= 15 is 0 Å². The van der Waals surface area contributed by atoms with Crippen LogP contribution in [0.5, 0.6) is 0 Å². The van der Waals surface area contributed by atoms with Gasteiger partial charge in [0.2, 0.25) is 0 Å². The number of carbonyl (C=O) groups excluding carboxylic acids is 3. The molecule has 0 bridgehead atoms. The molecule has 0 aliphatic rings. The van der Waals surface area contributed by atoms with Gasteiger partial charge in [0.25, 0.3) is 11.8 Å². The molecule has 1 rings (SSSR count). The molecule has 0 unspecified atom stereocenters. The summed E-state index contributed by atoms with van der Waals surface area (Å²) in [5.74, 6) is -1.86. The Bertz CT molecular complexity index is 650. The number of benzene rings is 1. The molecule has 0 radical (unpaired) electrons. The van der Waals surface area contributed by atoms with Crippen LogP contribution in [0.3, 0.4) is 0 Å². The molecule has 0 saturated carbocycles. The smallest absolute Gasteiger partial charge is 0.329 e. The van der Waals surface area contributed by atoms with E-state index in [1.807, 2.05) is 0 Å². The van der Waals surface area contributed by atoms with Crippen molar-refractivity contribution >= 4 is 41.0 Å². The first-order valence-corrected chi connectivity index (χ1v) is 8.67. The van der Waals surface area contributed by atoms with Gasteiger partial charge in [-0.15, -0.1) is 0 Å². The van der Waals surface area contributed by atoms with Crippen LogP contribution >= 0.6 is 23.2 Å². The van der Waals surface area contributed by atoms with E-state index < -0.39 is 29.9 Å². The maximum absolute atomic E-state index is 12.4. The van der Waals surface area contributed by atoms with Gasteiger partial charge in [0.15, 0.2) is 6.10 Å². The van der Waals surface area contributed by atoms with E-state index in [0.29, 0.717) is 11.6 Å². The average Bonchev–Trinajstić information content (AvgIpc) is 2.51. The van der Waals surface area contributed by atoms with Crippen molar-refractivity contribution in [3.05, 3.63) is 33.8 Å². The third-order valence-corrected chi connectivity index (χ3v) is 3.94. The molecule has 0 saturated heterocycles. The number of nitrogens with one attached hydrogen (secondary N) is 2. The minimum Gasteiger partial charge on any atom is -0.451 e. The van der Waals surface area contributed by atoms with Gasteiger partial charge in [-0.1, -0.05) is 37.0 Å². The van der Waals surface area contributed by atoms with Crippen molar-refractivity contribution in [3.8, 4) is 0 Å². The third-order valence-electron chi connectivity index (χ3n) is 3.40. The molecule has 0 heterocycles. The minimum atomic E-state index is -0.954. The van der Waals surface area contributed by atoms with Crippen molar-refractivity contribution in [1.82, 2.24) is 10.6 Å². The summed E-state index contributed by atoms with van der Waals surface area (Å²) in [7, 11) is 0. The summed E-state index contributed by atoms with van der Waals surface area (Å²) in [4.78, 5) is 36.4. The molecule has 138 valence electrons. The molecule has 2 N–H and O–H groups in total. The lowest BCUT2D eigenvalue weighted by Gasteiger charge is -2.23. The quantitative estimate of drug-likeness (QED) is 0.703. The second kappa shape index (κ2) is 9.63. The predicted octanol–water partition coefficient (Wildman–Crippen LogP) is 2.82. The van der Waals surface area contributed by atoms with Gasteiger partial charge in [-0.05, 0) is 38.0 Å². The van der Waals surface area contributed by atoms with E-state index in [1.54, 1.807) is 20.8 Å². The highest BCUT2D eigenvalue weighted by Crippen LogP contribution is 2.21. The first kappa shape index (κ1) is 21.3. The number of carbonyl (C=O) groups is 3. The molecule has 0 spiro atoms. The Morgan fingerprint density at radius 2 is 1.80 bits per heavy atom. The second-order valence-electron chi connectivity index (χ2n) is 5.79. The number of hydrogen-bond donors (Lipinski definition) is 2. The lowest BCUT2D eigenvalue weighted by molar-refractivity contribution is -0.157. The van der Waals surface area contributed by atoms with Crippen molar-refractivity contribution in [1.29, 1.82) is 0 Å². The lowest BCUT2D eigenvalue weighted by Crippen LogP contribution is -2.47. The highest BCUT2D eigenvalue weighted by atomic mass is 35.5. The van der Waals surface area contributed by atoms with E-state index in [9.17, 15) is 14.4 Å². The molecular formula is C17H22Cl2N2O4. The first-order chi connectivity index (χ1) is 11.7. The first-order valence-electron chi connectivity index (χ1n) is 7.91. The number of esters is 1. The number of amides is 2. The Kier molecular flexibility index (Phi) is 8.19. The van der Waals surface area contributed by atoms with Gasteiger partial charge in [0.1, 0.15) is 6.04 Å². The zero-order valence-corrected chi connectivity index (χ0v) is 16.1. The van der Waals surface area contributed by atoms with Crippen LogP contribution in [0.1, 0.15) is 38.1 Å². The summed E-state index contributed by atoms with van der Waals surface area (Å²) in [6.07, 6.45) is -0.954. The monoisotopic (exact) mass is 388 g/mol. The summed E-state index contributed by atoms with van der Waals surface area (Å²) in [6.45, 7) is 7.18. The average molecular weight is 389 g/mol. The van der Waals surface area contributed by atoms with Gasteiger partial charge in [-0.3, -0.25) is 9.59 Å². The van der Waals surface area contributed by atoms with Crippen LogP contribution in [-0.4, -0.2) is 36.5 Å². The van der Waals surface area contributed by atoms with Gasteiger partial charge in [-0.25, -0.2) is 4.79 Å². The van der Waals surface area contributed by atoms with Crippen molar-refractivity contribution in [2.24, 2.45) is 5.92 Å². The number of ether oxygens (including phenoxy) is 1. The van der Waals surface area contributed by atoms with Gasteiger partial charge in [0, 0.05) is 11.6 Å². The Labute approximate surface area is 157 Å². The van der Waals surface area contributed by atoms with Crippen molar-refractivity contribution in [2.75, 3.05) is 6.54 Å². The summed E-state index contributed by atoms with van der Waals surface area (Å²) >= 11 is 11.8. The fraction of sp³-hybridized carbons (Fsp3) is 0.471. The molecular weight excluding hydrogens is 367 g/mol. The standard InChI is InChI=1S/C17H22Cl2N2O4/c1-5-20-15(22)10(4)25-17(24)14(9(2)3)21-16(23)12-7-6-11(18)8-13(12)19/h6-10,14H,5H2,1-4H3,(H,20,22)(H,21,23)/t10-,14+/m1/s1. The SMILES string of the molecule is CCNC(=O)[C@@H](C)OC(=O)[C@@H](NC(=O)c1ccc(Cl)cc1Cl)C(C)C. The van der Waals surface area contributed by atoms with Crippen LogP contribution < -0.4 is 10.6 Å². The number of hydrogen-bond acceptors (Lipinski definition) is 4. The van der Waals surface area contributed by atoms with Gasteiger partial charge in [-0.2, -0.15) is 0 Å². The van der Waals surface area contributed by atoms with Crippen LogP contribution in [0, 0.1) is 5.92 Å². The van der Waals surface area contributed by atoms with E-state index in [0.717, 1.165) is 0 Å². The summed E-state index contributed by atoms with van der Waals surface area (Å²) in [6, 6.07) is 3.52. The minimum absolute atomic E-state index is 0.177. The number of halogens is 2. The molecule has 1 aromatic rings. The zero-order valence-electron chi connectivity index (χ0n) is 14.6. The van der Waals surface area contributed by atoms with Crippen LogP contribution in [0.15, 0.2) is 18.2 Å². The van der Waals surface area contributed by atoms with E-state index in [2.05, 4.69) is 10.6 Å². The topological polar surface area (TPSA) is 84.5 Å². The van der Waals surface area contributed by atoms with Crippen LogP contribution in [0.25, 0.3) is 0 Å². The van der Waals surface area contributed by atoms with Crippen molar-refractivity contribution in [2.45, 2.75) is 39.8 Å². The Hall–Kier alpha value is -1.79. The molecule has 0 aliphatic heterocycles. The lowest BCUT2D eigenvalue weighted by atomic mass is 10.0. The maximum atomic E-state index is 12.4. The number of likely N-dealkylation sites (N-methyl/N-ethyl adjacent to an activating group) is 1. The summed E-state index contributed by atoms with van der Waals surface area (Å²) in [5, 5.41) is 5.74. The van der Waals surface area contributed by atoms with Crippen LogP contribution in [0.4, 0.5) is 0 Å². The third kappa shape index (κ3) is 6.21. The molecule has 0 aromatic heterocycles. The second-order valence-corrected chi connectivity index (χ2v) is 6.64. The Morgan fingerprint density at radius 1 is 1.16 bits per heavy atom. The highest BCUT2D eigenvalue weighted by molar-refractivity contribution is 6.36. The molecule has 1 aromatic carbocycles. The fourth-order valence-corrected chi connectivity index (χ4v) is 2.50. The molecule has 8 heteroatoms. The van der Waals surface area contributed by atoms with E-state index in [-0.39, 0.29) is 16.5 Å². The number of rotatable bonds is 7. The molecule has 25 heavy (non-hydrogen) atoms. The van der Waals surface area contributed by atoms with Crippen LogP contribution in [0.2, 0.25) is 10.0 Å². The van der Waals surface area contributed by atoms with Gasteiger partial charge >= 0.3 is 5.97 Å². The van der Waals surface area contributed by atoms with E-state index in [1.165, 1.54) is 25.1 Å². The maximum Gasteiger partial charge on any atom is 0.329 e.